The van der Waals surface area contributed by atoms with Gasteiger partial charge in [0.25, 0.3) is 0 Å². The van der Waals surface area contributed by atoms with Gasteiger partial charge in [0.1, 0.15) is 0 Å². The smallest absolute Gasteiger partial charge is 0.227 e. The summed E-state index contributed by atoms with van der Waals surface area (Å²) in [5.41, 5.74) is 1.13. The van der Waals surface area contributed by atoms with Crippen molar-refractivity contribution < 1.29 is 4.79 Å². The lowest BCUT2D eigenvalue weighted by atomic mass is 9.98. The van der Waals surface area contributed by atoms with E-state index in [0.29, 0.717) is 24.7 Å². The number of carbonyl (C=O) groups excluding carboxylic acids is 1. The number of halogens is 2. The van der Waals surface area contributed by atoms with Crippen molar-refractivity contribution in [2.75, 3.05) is 18.4 Å². The number of nitrogens with zero attached hydrogens (tertiary/aromatic N) is 3. The second-order valence-corrected chi connectivity index (χ2v) is 7.04. The van der Waals surface area contributed by atoms with Gasteiger partial charge in [0, 0.05) is 23.9 Å². The molecule has 1 amide bonds. The average Bonchev–Trinajstić information content (AvgIpc) is 2.95. The summed E-state index contributed by atoms with van der Waals surface area (Å²) in [4.78, 5) is 16.7. The number of piperidine rings is 1. The Morgan fingerprint density at radius 3 is 2.88 bits per heavy atom. The first-order chi connectivity index (χ1) is 11.6. The quantitative estimate of drug-likeness (QED) is 0.768. The number of benzene rings is 1. The summed E-state index contributed by atoms with van der Waals surface area (Å²) >= 11 is 3.45. The van der Waals surface area contributed by atoms with Crippen LogP contribution in [0.25, 0.3) is 0 Å². The molecule has 2 heterocycles. The zero-order chi connectivity index (χ0) is 16.9. The number of hydrogen-bond donors (Lipinski definition) is 2. The molecule has 1 aliphatic rings. The van der Waals surface area contributed by atoms with Crippen LogP contribution in [0, 0.1) is 0 Å². The zero-order valence-electron chi connectivity index (χ0n) is 14.2. The molecule has 8 heteroatoms. The van der Waals surface area contributed by atoms with Gasteiger partial charge in [-0.15, -0.1) is 12.4 Å². The average molecular weight is 429 g/mol. The summed E-state index contributed by atoms with van der Waals surface area (Å²) in [6, 6.07) is 8.01. The number of anilines is 1. The van der Waals surface area contributed by atoms with Crippen LogP contribution in [-0.2, 0) is 18.3 Å². The van der Waals surface area contributed by atoms with E-state index in [1.165, 1.54) is 0 Å². The molecule has 6 nitrogen and oxygen atoms in total. The molecule has 0 saturated carbocycles. The van der Waals surface area contributed by atoms with E-state index < -0.39 is 0 Å². The molecule has 2 N–H and O–H groups in total. The topological polar surface area (TPSA) is 71.8 Å². The van der Waals surface area contributed by atoms with Gasteiger partial charge in [-0.2, -0.15) is 10.1 Å². The highest BCUT2D eigenvalue weighted by Crippen LogP contribution is 2.23. The lowest BCUT2D eigenvalue weighted by Gasteiger charge is -2.19. The molecule has 1 aromatic carbocycles. The summed E-state index contributed by atoms with van der Waals surface area (Å²) in [6.07, 6.45) is 3.21. The van der Waals surface area contributed by atoms with Crippen molar-refractivity contribution in [1.29, 1.82) is 0 Å². The summed E-state index contributed by atoms with van der Waals surface area (Å²) in [5.74, 6) is 1.70. The largest absolute Gasteiger partial charge is 0.317 e. The highest BCUT2D eigenvalue weighted by atomic mass is 79.9. The van der Waals surface area contributed by atoms with Crippen LogP contribution in [0.2, 0.25) is 0 Å². The van der Waals surface area contributed by atoms with Gasteiger partial charge in [-0.25, -0.2) is 4.68 Å². The summed E-state index contributed by atoms with van der Waals surface area (Å²) in [7, 11) is 1.82. The number of aryl methyl sites for hydroxylation is 2. The fraction of sp³-hybridized carbons (Fsp3) is 0.471. The molecule has 1 saturated heterocycles. The Balaban J connectivity index is 0.00000225. The van der Waals surface area contributed by atoms with Crippen LogP contribution in [0.15, 0.2) is 28.7 Å². The van der Waals surface area contributed by atoms with Crippen LogP contribution in [-0.4, -0.2) is 33.8 Å². The Kier molecular flexibility index (Phi) is 7.40. The number of nitrogens with one attached hydrogen (secondary N) is 2. The predicted molar refractivity (Wildman–Crippen MR) is 104 cm³/mol. The van der Waals surface area contributed by atoms with Crippen LogP contribution >= 0.6 is 28.3 Å². The minimum absolute atomic E-state index is 0. The van der Waals surface area contributed by atoms with Gasteiger partial charge in [-0.1, -0.05) is 28.1 Å². The van der Waals surface area contributed by atoms with Crippen LogP contribution in [0.1, 0.15) is 36.6 Å². The third-order valence-corrected chi connectivity index (χ3v) is 4.76. The second-order valence-electron chi connectivity index (χ2n) is 6.12. The molecule has 136 valence electrons. The summed E-state index contributed by atoms with van der Waals surface area (Å²) in [6.45, 7) is 1.99. The van der Waals surface area contributed by atoms with Crippen molar-refractivity contribution >= 4 is 40.2 Å². The lowest BCUT2D eigenvalue weighted by molar-refractivity contribution is -0.116. The zero-order valence-corrected chi connectivity index (χ0v) is 16.6. The maximum absolute atomic E-state index is 12.2. The molecule has 1 aliphatic heterocycles. The SMILES string of the molecule is Cl.Cn1nc(C2CCNCC2)nc1NC(=O)CCc1cccc(Br)c1. The van der Waals surface area contributed by atoms with Gasteiger partial charge in [0.2, 0.25) is 11.9 Å². The minimum atomic E-state index is -0.0395. The number of rotatable bonds is 5. The van der Waals surface area contributed by atoms with Crippen molar-refractivity contribution in [3.8, 4) is 0 Å². The number of hydrogen-bond acceptors (Lipinski definition) is 4. The lowest BCUT2D eigenvalue weighted by Crippen LogP contribution is -2.27. The van der Waals surface area contributed by atoms with E-state index in [-0.39, 0.29) is 18.3 Å². The van der Waals surface area contributed by atoms with Gasteiger partial charge >= 0.3 is 0 Å². The Morgan fingerprint density at radius 2 is 2.16 bits per heavy atom. The van der Waals surface area contributed by atoms with Crippen LogP contribution in [0.4, 0.5) is 5.95 Å². The Labute approximate surface area is 162 Å². The normalized spacial score (nSPS) is 14.8. The van der Waals surface area contributed by atoms with E-state index >= 15 is 0 Å². The van der Waals surface area contributed by atoms with Crippen molar-refractivity contribution in [1.82, 2.24) is 20.1 Å². The highest BCUT2D eigenvalue weighted by molar-refractivity contribution is 9.10. The maximum atomic E-state index is 12.2. The molecule has 0 radical (unpaired) electrons. The van der Waals surface area contributed by atoms with Crippen LogP contribution in [0.3, 0.4) is 0 Å². The Hall–Kier alpha value is -1.44. The van der Waals surface area contributed by atoms with E-state index in [4.69, 9.17) is 0 Å². The van der Waals surface area contributed by atoms with E-state index in [2.05, 4.69) is 36.6 Å². The first kappa shape index (κ1) is 19.9. The van der Waals surface area contributed by atoms with Gasteiger partial charge < -0.3 is 5.32 Å². The molecule has 1 fully saturated rings. The van der Waals surface area contributed by atoms with E-state index in [9.17, 15) is 4.79 Å². The molecule has 0 spiro atoms. The van der Waals surface area contributed by atoms with Gasteiger partial charge in [0.05, 0.1) is 0 Å². The predicted octanol–water partition coefficient (Wildman–Crippen LogP) is 3.04. The molecule has 1 aromatic heterocycles. The standard InChI is InChI=1S/C17H22BrN5O.ClH/c1-23-17(21-16(22-23)13-7-9-19-10-8-13)20-15(24)6-5-12-3-2-4-14(18)11-12;/h2-4,11,13,19H,5-10H2,1H3,(H,20,21,22,24);1H. The molecule has 2 aromatic rings. The molecule has 3 rings (SSSR count). The third kappa shape index (κ3) is 5.52. The van der Waals surface area contributed by atoms with Crippen LogP contribution < -0.4 is 10.6 Å². The molecule has 0 aliphatic carbocycles. The number of aromatic nitrogens is 3. The molecule has 0 unspecified atom stereocenters. The first-order valence-corrected chi connectivity index (χ1v) is 9.07. The summed E-state index contributed by atoms with van der Waals surface area (Å²) in [5, 5.41) is 10.7. The maximum Gasteiger partial charge on any atom is 0.227 e. The third-order valence-electron chi connectivity index (χ3n) is 4.26. The molecular weight excluding hydrogens is 406 g/mol. The van der Waals surface area contributed by atoms with Crippen molar-refractivity contribution in [3.05, 3.63) is 40.1 Å². The van der Waals surface area contributed by atoms with Crippen molar-refractivity contribution in [3.63, 3.8) is 0 Å². The Morgan fingerprint density at radius 1 is 1.40 bits per heavy atom. The Bertz CT molecular complexity index is 715. The molecule has 0 atom stereocenters. The van der Waals surface area contributed by atoms with Gasteiger partial charge in [-0.3, -0.25) is 10.1 Å². The van der Waals surface area contributed by atoms with E-state index in [1.807, 2.05) is 31.3 Å². The molecular formula is C17H23BrClN5O. The monoisotopic (exact) mass is 427 g/mol. The molecule has 25 heavy (non-hydrogen) atoms. The van der Waals surface area contributed by atoms with E-state index in [1.54, 1.807) is 4.68 Å². The number of amides is 1. The second kappa shape index (κ2) is 9.31. The minimum Gasteiger partial charge on any atom is -0.317 e. The van der Waals surface area contributed by atoms with Crippen molar-refractivity contribution in [2.24, 2.45) is 7.05 Å². The number of carbonyl (C=O) groups is 1. The first-order valence-electron chi connectivity index (χ1n) is 8.28. The van der Waals surface area contributed by atoms with Crippen LogP contribution in [0.5, 0.6) is 0 Å². The van der Waals surface area contributed by atoms with E-state index in [0.717, 1.165) is 41.8 Å². The highest BCUT2D eigenvalue weighted by Gasteiger charge is 2.21. The summed E-state index contributed by atoms with van der Waals surface area (Å²) < 4.78 is 2.69. The molecule has 0 bridgehead atoms. The van der Waals surface area contributed by atoms with Gasteiger partial charge in [-0.05, 0) is 50.0 Å². The fourth-order valence-electron chi connectivity index (χ4n) is 2.90. The fourth-order valence-corrected chi connectivity index (χ4v) is 3.35. The van der Waals surface area contributed by atoms with Crippen molar-refractivity contribution in [2.45, 2.75) is 31.6 Å². The van der Waals surface area contributed by atoms with Gasteiger partial charge in [0.15, 0.2) is 5.82 Å².